The zero-order chi connectivity index (χ0) is 40.5. The quantitative estimate of drug-likeness (QED) is 0.141. The summed E-state index contributed by atoms with van der Waals surface area (Å²) in [4.78, 5) is 63.8. The number of hydrogen-bond donors (Lipinski definition) is 3. The minimum absolute atomic E-state index is 0.0729. The van der Waals surface area contributed by atoms with Crippen molar-refractivity contribution in [2.24, 2.45) is 0 Å². The van der Waals surface area contributed by atoms with Crippen LogP contribution in [0.1, 0.15) is 99.5 Å². The maximum atomic E-state index is 14.7. The predicted octanol–water partition coefficient (Wildman–Crippen LogP) is 8.36. The number of carbonyl (C=O) groups is 3. The average molecular weight is 803 g/mol. The Morgan fingerprint density at radius 2 is 1.25 bits per heavy atom. The average Bonchev–Trinajstić information content (AvgIpc) is 4.16. The number of aromatic nitrogens is 4. The van der Waals surface area contributed by atoms with Gasteiger partial charge >= 0.3 is 6.09 Å². The number of alkyl carbamates (subject to hydrolysis) is 1. The monoisotopic (exact) mass is 802 g/mol. The van der Waals surface area contributed by atoms with Crippen molar-refractivity contribution in [3.63, 3.8) is 0 Å². The molecule has 5 aliphatic rings. The van der Waals surface area contributed by atoms with E-state index in [9.17, 15) is 14.4 Å². The number of benzene rings is 4. The molecule has 60 heavy (non-hydrogen) atoms. The lowest BCUT2D eigenvalue weighted by Gasteiger charge is -2.37. The number of rotatable bonds is 8. The van der Waals surface area contributed by atoms with Crippen molar-refractivity contribution < 1.29 is 19.1 Å². The smallest absolute Gasteiger partial charge is 0.407 e. The lowest BCUT2D eigenvalue weighted by atomic mass is 9.98. The number of ether oxygens (including phenoxy) is 1. The second-order valence-corrected chi connectivity index (χ2v) is 17.5. The standard InChI is InChI=1S/C48H50N8O4/c1-60-48(59)53-38-23-19-35-20-24-42(56(35)46(38)57)45-50-37-22-14-32(27-40(37)52-45)29-11-9-28(10-12-29)31-13-21-36-39(26-31)51-44(49-36)41-8-5-25-54(41)47(58)43(30-6-3-2-4-7-30)55-33-15-16-34(55)18-17-33/h2-4,6-7,9-14,21-22,26-27,33-35,38,41-43H,5,8,15-20,23-25H2,1H3,(H,49,51)(H,50,52)(H,53,59)/t33?,34?,35-,38-,41-,42-,43+/m0/s1. The van der Waals surface area contributed by atoms with Crippen LogP contribution >= 0.6 is 0 Å². The first-order chi connectivity index (χ1) is 29.4. The van der Waals surface area contributed by atoms with E-state index in [0.29, 0.717) is 18.5 Å². The second kappa shape index (κ2) is 14.9. The van der Waals surface area contributed by atoms with Crippen LogP contribution in [0.3, 0.4) is 0 Å². The molecule has 3 amide bonds. The van der Waals surface area contributed by atoms with Crippen LogP contribution < -0.4 is 5.32 Å². The molecule has 3 N–H and O–H groups in total. The first-order valence-electron chi connectivity index (χ1n) is 21.8. The Hall–Kier alpha value is -6.01. The molecule has 0 saturated carbocycles. The molecule has 7 heterocycles. The van der Waals surface area contributed by atoms with Crippen molar-refractivity contribution in [2.75, 3.05) is 13.7 Å². The number of hydrogen-bond acceptors (Lipinski definition) is 7. The molecule has 306 valence electrons. The highest BCUT2D eigenvalue weighted by Crippen LogP contribution is 2.46. The first kappa shape index (κ1) is 37.0. The Kier molecular flexibility index (Phi) is 9.20. The van der Waals surface area contributed by atoms with Gasteiger partial charge in [0.15, 0.2) is 0 Å². The first-order valence-corrected chi connectivity index (χ1v) is 21.8. The Morgan fingerprint density at radius 3 is 1.87 bits per heavy atom. The van der Waals surface area contributed by atoms with Gasteiger partial charge in [0.25, 0.3) is 0 Å². The number of nitrogens with one attached hydrogen (secondary N) is 3. The molecule has 12 nitrogen and oxygen atoms in total. The number of H-pyrrole nitrogens is 2. The molecule has 4 aromatic carbocycles. The molecule has 5 aliphatic heterocycles. The molecule has 2 aromatic heterocycles. The van der Waals surface area contributed by atoms with Gasteiger partial charge in [-0.15, -0.1) is 0 Å². The number of fused-ring (bicyclic) bond motifs is 5. The lowest BCUT2D eigenvalue weighted by Crippen LogP contribution is -2.54. The van der Waals surface area contributed by atoms with Crippen molar-refractivity contribution in [3.05, 3.63) is 108 Å². The van der Waals surface area contributed by atoms with E-state index in [1.807, 2.05) is 17.0 Å². The van der Waals surface area contributed by atoms with E-state index in [2.05, 4.69) is 104 Å². The summed E-state index contributed by atoms with van der Waals surface area (Å²) in [5.74, 6) is 1.78. The third-order valence-corrected chi connectivity index (χ3v) is 14.2. The van der Waals surface area contributed by atoms with Gasteiger partial charge in [-0.05, 0) is 116 Å². The molecule has 0 radical (unpaired) electrons. The van der Waals surface area contributed by atoms with Gasteiger partial charge in [0, 0.05) is 24.7 Å². The predicted molar refractivity (Wildman–Crippen MR) is 229 cm³/mol. The summed E-state index contributed by atoms with van der Waals surface area (Å²) in [6.45, 7) is 0.748. The normalized spacial score (nSPS) is 25.6. The number of imidazole rings is 2. The maximum Gasteiger partial charge on any atom is 0.407 e. The van der Waals surface area contributed by atoms with E-state index in [1.54, 1.807) is 0 Å². The van der Waals surface area contributed by atoms with Gasteiger partial charge in [-0.25, -0.2) is 14.8 Å². The van der Waals surface area contributed by atoms with Crippen molar-refractivity contribution >= 4 is 40.0 Å². The second-order valence-electron chi connectivity index (χ2n) is 17.5. The van der Waals surface area contributed by atoms with Crippen LogP contribution in [0.4, 0.5) is 4.79 Å². The third-order valence-electron chi connectivity index (χ3n) is 14.2. The Balaban J connectivity index is 0.807. The summed E-state index contributed by atoms with van der Waals surface area (Å²) in [5.41, 5.74) is 9.12. The number of aromatic amines is 2. The van der Waals surface area contributed by atoms with E-state index in [1.165, 1.54) is 32.8 Å². The number of nitrogens with zero attached hydrogens (tertiary/aromatic N) is 5. The topological polar surface area (TPSA) is 140 Å². The van der Waals surface area contributed by atoms with Crippen molar-refractivity contribution in [1.29, 1.82) is 0 Å². The number of carbonyl (C=O) groups excluding carboxylic acids is 3. The molecule has 2 bridgehead atoms. The van der Waals surface area contributed by atoms with Crippen molar-refractivity contribution in [2.45, 2.75) is 107 Å². The van der Waals surface area contributed by atoms with Gasteiger partial charge in [0.2, 0.25) is 11.8 Å². The SMILES string of the molecule is COC(=O)N[C@H]1CC[C@H]2CC[C@@H](c3nc4ccc(-c5ccc(-c6ccc7nc([C@@H]8CCCN8C(=O)[C@@H](c8ccccc8)N8C9CCC8CC9)[nH]c7c6)cc5)cc4[nH]3)N2C1=O. The number of methoxy groups -OCH3 is 1. The van der Waals surface area contributed by atoms with Crippen LogP contribution in [0.2, 0.25) is 0 Å². The molecule has 5 atom stereocenters. The highest BCUT2D eigenvalue weighted by molar-refractivity contribution is 5.88. The minimum atomic E-state index is -0.586. The van der Waals surface area contributed by atoms with Gasteiger partial charge in [-0.3, -0.25) is 14.5 Å². The molecular formula is C48H50N8O4. The van der Waals surface area contributed by atoms with E-state index >= 15 is 0 Å². The Labute approximate surface area is 348 Å². The highest BCUT2D eigenvalue weighted by Gasteiger charge is 2.49. The number of piperidine rings is 1. The van der Waals surface area contributed by atoms with Gasteiger partial charge < -0.3 is 29.8 Å². The summed E-state index contributed by atoms with van der Waals surface area (Å²) >= 11 is 0. The highest BCUT2D eigenvalue weighted by atomic mass is 16.5. The van der Waals surface area contributed by atoms with E-state index in [-0.39, 0.29) is 36.0 Å². The van der Waals surface area contributed by atoms with Crippen LogP contribution in [-0.2, 0) is 14.3 Å². The fourth-order valence-corrected chi connectivity index (χ4v) is 11.3. The van der Waals surface area contributed by atoms with Crippen molar-refractivity contribution in [1.82, 2.24) is 40.0 Å². The minimum Gasteiger partial charge on any atom is -0.453 e. The van der Waals surface area contributed by atoms with Crippen LogP contribution in [-0.4, -0.2) is 90.4 Å². The number of likely N-dealkylation sites (tertiary alicyclic amines) is 1. The summed E-state index contributed by atoms with van der Waals surface area (Å²) in [7, 11) is 1.31. The number of amides is 3. The van der Waals surface area contributed by atoms with Gasteiger partial charge in [-0.1, -0.05) is 66.7 Å². The maximum absolute atomic E-state index is 14.7. The lowest BCUT2D eigenvalue weighted by molar-refractivity contribution is -0.140. The fourth-order valence-electron chi connectivity index (χ4n) is 11.3. The molecular weight excluding hydrogens is 753 g/mol. The largest absolute Gasteiger partial charge is 0.453 e. The van der Waals surface area contributed by atoms with Crippen molar-refractivity contribution in [3.8, 4) is 22.3 Å². The molecule has 0 spiro atoms. The summed E-state index contributed by atoms with van der Waals surface area (Å²) < 4.78 is 4.76. The Morgan fingerprint density at radius 1 is 0.683 bits per heavy atom. The Bertz CT molecular complexity index is 2580. The molecule has 5 fully saturated rings. The molecule has 6 aromatic rings. The van der Waals surface area contributed by atoms with E-state index in [0.717, 1.165) is 100 Å². The molecule has 0 unspecified atom stereocenters. The zero-order valence-electron chi connectivity index (χ0n) is 33.8. The van der Waals surface area contributed by atoms with Gasteiger partial charge in [-0.2, -0.15) is 0 Å². The van der Waals surface area contributed by atoms with Gasteiger partial charge in [0.05, 0.1) is 41.3 Å². The summed E-state index contributed by atoms with van der Waals surface area (Å²) in [6, 6.07) is 31.7. The summed E-state index contributed by atoms with van der Waals surface area (Å²) in [5, 5.41) is 2.71. The van der Waals surface area contributed by atoms with E-state index < -0.39 is 12.1 Å². The molecule has 5 saturated heterocycles. The molecule has 0 aliphatic carbocycles. The third kappa shape index (κ3) is 6.34. The van der Waals surface area contributed by atoms with Crippen LogP contribution in [0.15, 0.2) is 91.0 Å². The van der Waals surface area contributed by atoms with Crippen LogP contribution in [0.5, 0.6) is 0 Å². The van der Waals surface area contributed by atoms with E-state index in [4.69, 9.17) is 14.7 Å². The fraction of sp³-hybridized carbons (Fsp3) is 0.396. The molecule has 11 rings (SSSR count). The molecule has 12 heteroatoms. The van der Waals surface area contributed by atoms with Gasteiger partial charge in [0.1, 0.15) is 23.7 Å². The van der Waals surface area contributed by atoms with Crippen LogP contribution in [0.25, 0.3) is 44.3 Å². The summed E-state index contributed by atoms with van der Waals surface area (Å²) in [6.07, 6.45) is 9.23. The van der Waals surface area contributed by atoms with Crippen LogP contribution in [0, 0.1) is 0 Å². The zero-order valence-corrected chi connectivity index (χ0v) is 33.8.